The van der Waals surface area contributed by atoms with Gasteiger partial charge in [-0.15, -0.1) is 0 Å². The Bertz CT molecular complexity index is 249. The van der Waals surface area contributed by atoms with Gasteiger partial charge in [-0.1, -0.05) is 13.8 Å². The highest BCUT2D eigenvalue weighted by Crippen LogP contribution is 2.18. The molecule has 3 N–H and O–H groups in total. The summed E-state index contributed by atoms with van der Waals surface area (Å²) in [5, 5.41) is 3.21. The van der Waals surface area contributed by atoms with Crippen molar-refractivity contribution in [3.63, 3.8) is 0 Å². The predicted octanol–water partition coefficient (Wildman–Crippen LogP) is 0.962. The van der Waals surface area contributed by atoms with Gasteiger partial charge in [-0.2, -0.15) is 0 Å². The molecule has 0 aromatic carbocycles. The molecule has 1 aliphatic rings. The molecule has 1 unspecified atom stereocenters. The predicted molar refractivity (Wildman–Crippen MR) is 70.7 cm³/mol. The van der Waals surface area contributed by atoms with E-state index in [-0.39, 0.29) is 5.91 Å². The van der Waals surface area contributed by atoms with Crippen LogP contribution in [0.15, 0.2) is 0 Å². The Balaban J connectivity index is 2.39. The van der Waals surface area contributed by atoms with Gasteiger partial charge in [0.1, 0.15) is 0 Å². The fraction of sp³-hybridized carbons (Fsp3) is 0.923. The number of piperidine rings is 1. The lowest BCUT2D eigenvalue weighted by Crippen LogP contribution is -2.54. The Morgan fingerprint density at radius 1 is 1.47 bits per heavy atom. The zero-order valence-corrected chi connectivity index (χ0v) is 11.5. The Labute approximate surface area is 105 Å². The summed E-state index contributed by atoms with van der Waals surface area (Å²) in [4.78, 5) is 13.9. The summed E-state index contributed by atoms with van der Waals surface area (Å²) in [5.41, 5.74) is 4.92. The number of amides is 1. The summed E-state index contributed by atoms with van der Waals surface area (Å²) in [6.07, 6.45) is 3.34. The molecule has 1 fully saturated rings. The molecule has 1 atom stereocenters. The summed E-state index contributed by atoms with van der Waals surface area (Å²) >= 11 is 0. The van der Waals surface area contributed by atoms with Crippen molar-refractivity contribution in [2.75, 3.05) is 26.2 Å². The van der Waals surface area contributed by atoms with E-state index in [1.54, 1.807) is 0 Å². The lowest BCUT2D eigenvalue weighted by atomic mass is 9.94. The van der Waals surface area contributed by atoms with Crippen LogP contribution in [0.2, 0.25) is 0 Å². The normalized spacial score (nSPS) is 22.3. The van der Waals surface area contributed by atoms with Gasteiger partial charge in [0.25, 0.3) is 0 Å². The van der Waals surface area contributed by atoms with Crippen LogP contribution in [0, 0.1) is 5.92 Å². The maximum atomic E-state index is 11.5. The van der Waals surface area contributed by atoms with Gasteiger partial charge in [-0.25, -0.2) is 0 Å². The number of nitrogens with two attached hydrogens (primary N) is 1. The minimum Gasteiger partial charge on any atom is -0.368 e. The first kappa shape index (κ1) is 14.5. The van der Waals surface area contributed by atoms with E-state index in [2.05, 4.69) is 17.1 Å². The van der Waals surface area contributed by atoms with Gasteiger partial charge in [0, 0.05) is 6.54 Å². The second-order valence-corrected chi connectivity index (χ2v) is 5.50. The van der Waals surface area contributed by atoms with Gasteiger partial charge in [-0.05, 0) is 51.7 Å². The number of nitrogens with zero attached hydrogens (tertiary/aromatic N) is 1. The van der Waals surface area contributed by atoms with E-state index in [1.807, 2.05) is 13.8 Å². The first-order valence-corrected chi connectivity index (χ1v) is 6.75. The van der Waals surface area contributed by atoms with Crippen LogP contribution in [0.4, 0.5) is 0 Å². The molecule has 1 amide bonds. The Morgan fingerprint density at radius 2 is 2.06 bits per heavy atom. The van der Waals surface area contributed by atoms with Crippen LogP contribution in [0.1, 0.15) is 40.0 Å². The number of hydrogen-bond acceptors (Lipinski definition) is 3. The van der Waals surface area contributed by atoms with Gasteiger partial charge in [-0.3, -0.25) is 4.79 Å². The molecule has 0 aromatic rings. The van der Waals surface area contributed by atoms with Crippen molar-refractivity contribution < 1.29 is 4.79 Å². The molecule has 0 aromatic heterocycles. The van der Waals surface area contributed by atoms with Crippen LogP contribution >= 0.6 is 0 Å². The zero-order valence-electron chi connectivity index (χ0n) is 11.5. The molecule has 0 spiro atoms. The number of carbonyl (C=O) groups is 1. The number of rotatable bonds is 6. The lowest BCUT2D eigenvalue weighted by Gasteiger charge is -2.34. The van der Waals surface area contributed by atoms with Gasteiger partial charge in [0.2, 0.25) is 5.91 Å². The third-order valence-electron chi connectivity index (χ3n) is 3.92. The molecule has 4 heteroatoms. The third kappa shape index (κ3) is 4.28. The zero-order chi connectivity index (χ0) is 12.9. The van der Waals surface area contributed by atoms with E-state index in [9.17, 15) is 4.79 Å². The smallest absolute Gasteiger partial charge is 0.237 e. The SMILES string of the molecule is CCNC(C)(CCN1CCC(C)CC1)C(N)=O. The number of hydrogen-bond donors (Lipinski definition) is 2. The summed E-state index contributed by atoms with van der Waals surface area (Å²) in [7, 11) is 0. The highest BCUT2D eigenvalue weighted by atomic mass is 16.1. The largest absolute Gasteiger partial charge is 0.368 e. The number of primary amides is 1. The van der Waals surface area contributed by atoms with Crippen molar-refractivity contribution in [2.45, 2.75) is 45.6 Å². The number of likely N-dealkylation sites (tertiary alicyclic amines) is 1. The van der Waals surface area contributed by atoms with Gasteiger partial charge >= 0.3 is 0 Å². The second kappa shape index (κ2) is 6.36. The lowest BCUT2D eigenvalue weighted by molar-refractivity contribution is -0.124. The number of nitrogens with one attached hydrogen (secondary N) is 1. The molecule has 1 aliphatic heterocycles. The summed E-state index contributed by atoms with van der Waals surface area (Å²) in [6.45, 7) is 10.3. The van der Waals surface area contributed by atoms with Gasteiger partial charge in [0.05, 0.1) is 5.54 Å². The Hall–Kier alpha value is -0.610. The maximum absolute atomic E-state index is 11.5. The van der Waals surface area contributed by atoms with Crippen molar-refractivity contribution >= 4 is 5.91 Å². The summed E-state index contributed by atoms with van der Waals surface area (Å²) in [5.74, 6) is 0.604. The monoisotopic (exact) mass is 241 g/mol. The van der Waals surface area contributed by atoms with Crippen molar-refractivity contribution in [2.24, 2.45) is 11.7 Å². The fourth-order valence-electron chi connectivity index (χ4n) is 2.36. The van der Waals surface area contributed by atoms with E-state index < -0.39 is 5.54 Å². The van der Waals surface area contributed by atoms with Crippen LogP contribution in [-0.2, 0) is 4.79 Å². The first-order valence-electron chi connectivity index (χ1n) is 6.75. The van der Waals surface area contributed by atoms with E-state index in [4.69, 9.17) is 5.73 Å². The van der Waals surface area contributed by atoms with Gasteiger partial charge in [0.15, 0.2) is 0 Å². The molecule has 0 saturated carbocycles. The fourth-order valence-corrected chi connectivity index (χ4v) is 2.36. The molecular weight excluding hydrogens is 214 g/mol. The van der Waals surface area contributed by atoms with Crippen molar-refractivity contribution in [1.29, 1.82) is 0 Å². The third-order valence-corrected chi connectivity index (χ3v) is 3.92. The molecule has 17 heavy (non-hydrogen) atoms. The highest BCUT2D eigenvalue weighted by molar-refractivity contribution is 5.84. The summed E-state index contributed by atoms with van der Waals surface area (Å²) < 4.78 is 0. The van der Waals surface area contributed by atoms with E-state index >= 15 is 0 Å². The Kier molecular flexibility index (Phi) is 5.40. The Morgan fingerprint density at radius 3 is 2.53 bits per heavy atom. The molecule has 0 radical (unpaired) electrons. The quantitative estimate of drug-likeness (QED) is 0.728. The minimum atomic E-state index is -0.558. The van der Waals surface area contributed by atoms with E-state index in [0.29, 0.717) is 0 Å². The molecule has 1 heterocycles. The molecule has 100 valence electrons. The van der Waals surface area contributed by atoms with E-state index in [1.165, 1.54) is 12.8 Å². The minimum absolute atomic E-state index is 0.246. The highest BCUT2D eigenvalue weighted by Gasteiger charge is 2.30. The molecule has 4 nitrogen and oxygen atoms in total. The average molecular weight is 241 g/mol. The van der Waals surface area contributed by atoms with Crippen molar-refractivity contribution in [1.82, 2.24) is 10.2 Å². The van der Waals surface area contributed by atoms with Crippen molar-refractivity contribution in [3.8, 4) is 0 Å². The van der Waals surface area contributed by atoms with Crippen LogP contribution in [0.25, 0.3) is 0 Å². The molecule has 0 bridgehead atoms. The van der Waals surface area contributed by atoms with Crippen LogP contribution in [0.3, 0.4) is 0 Å². The van der Waals surface area contributed by atoms with Crippen molar-refractivity contribution in [3.05, 3.63) is 0 Å². The second-order valence-electron chi connectivity index (χ2n) is 5.50. The summed E-state index contributed by atoms with van der Waals surface area (Å²) in [6, 6.07) is 0. The molecule has 1 saturated heterocycles. The first-order chi connectivity index (χ1) is 7.98. The van der Waals surface area contributed by atoms with Gasteiger partial charge < -0.3 is 16.0 Å². The maximum Gasteiger partial charge on any atom is 0.237 e. The molecule has 1 rings (SSSR count). The topological polar surface area (TPSA) is 58.4 Å². The molecule has 0 aliphatic carbocycles. The number of likely N-dealkylation sites (N-methyl/N-ethyl adjacent to an activating group) is 1. The van der Waals surface area contributed by atoms with Crippen LogP contribution in [-0.4, -0.2) is 42.5 Å². The average Bonchev–Trinajstić information content (AvgIpc) is 2.28. The number of carbonyl (C=O) groups excluding carboxylic acids is 1. The molecular formula is C13H27N3O. The van der Waals surface area contributed by atoms with E-state index in [0.717, 1.165) is 38.5 Å². The van der Waals surface area contributed by atoms with Crippen LogP contribution < -0.4 is 11.1 Å². The van der Waals surface area contributed by atoms with Crippen LogP contribution in [0.5, 0.6) is 0 Å². The standard InChI is InChI=1S/C13H27N3O/c1-4-15-13(3,12(14)17)7-10-16-8-5-11(2)6-9-16/h11,15H,4-10H2,1-3H3,(H2,14,17).